The van der Waals surface area contributed by atoms with Gasteiger partial charge in [0.05, 0.1) is 12.1 Å². The van der Waals surface area contributed by atoms with Gasteiger partial charge in [-0.1, -0.05) is 42.5 Å². The monoisotopic (exact) mass is 393 g/mol. The van der Waals surface area contributed by atoms with Crippen LogP contribution in [0.1, 0.15) is 5.56 Å². The summed E-state index contributed by atoms with van der Waals surface area (Å²) in [6.45, 7) is 9.51. The fraction of sp³-hybridized carbons (Fsp3) is 0.0769. The van der Waals surface area contributed by atoms with Crippen LogP contribution in [0.25, 0.3) is 49.2 Å². The number of nitrogens with zero attached hydrogens (tertiary/aromatic N) is 2. The van der Waals surface area contributed by atoms with Crippen molar-refractivity contribution in [2.24, 2.45) is 7.05 Å². The molecule has 0 saturated carbocycles. The Kier molecular flexibility index (Phi) is 4.11. The largest absolute Gasteiger partial charge is 0.456 e. The highest BCUT2D eigenvalue weighted by atomic mass is 19.1. The highest BCUT2D eigenvalue weighted by molar-refractivity contribution is 6.16. The highest BCUT2D eigenvalue weighted by Crippen LogP contribution is 2.43. The lowest BCUT2D eigenvalue weighted by molar-refractivity contribution is -0.660. The van der Waals surface area contributed by atoms with Gasteiger partial charge in [0.1, 0.15) is 24.0 Å². The molecule has 144 valence electrons. The molecule has 0 atom stereocenters. The van der Waals surface area contributed by atoms with Crippen molar-refractivity contribution in [1.82, 2.24) is 0 Å². The second kappa shape index (κ2) is 6.82. The Morgan fingerprint density at radius 2 is 1.80 bits per heavy atom. The van der Waals surface area contributed by atoms with Crippen LogP contribution < -0.4 is 4.57 Å². The third-order valence-electron chi connectivity index (χ3n) is 5.52. The molecule has 4 heteroatoms. The van der Waals surface area contributed by atoms with Crippen LogP contribution in [0.15, 0.2) is 77.3 Å². The molecular formula is C26H18FN2O+. The quantitative estimate of drug-likeness (QED) is 0.240. The first-order chi connectivity index (χ1) is 14.6. The normalized spacial score (nSPS) is 11.1. The van der Waals surface area contributed by atoms with Gasteiger partial charge in [0.15, 0.2) is 11.9 Å². The number of fused-ring (bicyclic) bond motifs is 3. The third kappa shape index (κ3) is 2.75. The minimum absolute atomic E-state index is 0.295. The molecule has 0 aliphatic rings. The van der Waals surface area contributed by atoms with Gasteiger partial charge in [-0.05, 0) is 35.7 Å². The van der Waals surface area contributed by atoms with Crippen LogP contribution in [0.2, 0.25) is 0 Å². The molecule has 0 radical (unpaired) electrons. The average molecular weight is 393 g/mol. The Hall–Kier alpha value is -3.97. The Labute approximate surface area is 173 Å². The van der Waals surface area contributed by atoms with Crippen molar-refractivity contribution in [3.8, 4) is 22.4 Å². The van der Waals surface area contributed by atoms with E-state index in [9.17, 15) is 4.39 Å². The molecule has 0 unspecified atom stereocenters. The molecule has 30 heavy (non-hydrogen) atoms. The van der Waals surface area contributed by atoms with Gasteiger partial charge in [-0.15, -0.1) is 0 Å². The van der Waals surface area contributed by atoms with Gasteiger partial charge >= 0.3 is 0 Å². The van der Waals surface area contributed by atoms with Crippen molar-refractivity contribution < 1.29 is 13.4 Å². The van der Waals surface area contributed by atoms with Crippen LogP contribution in [0.5, 0.6) is 0 Å². The standard InChI is InChI=1S/C26H18FN2O/c1-16-9-10-20-25-21(17-7-5-4-6-8-17)14-19(28-2)15-23(25)30-26(20)24(16)22-13-18(27)11-12-29(22)3/h4-15H,1,3H3/q+1. The zero-order valence-electron chi connectivity index (χ0n) is 16.6. The van der Waals surface area contributed by atoms with Gasteiger partial charge in [0, 0.05) is 22.9 Å². The topological polar surface area (TPSA) is 21.4 Å². The maximum absolute atomic E-state index is 14.1. The summed E-state index contributed by atoms with van der Waals surface area (Å²) in [6, 6.07) is 20.7. The maximum atomic E-state index is 14.1. The van der Waals surface area contributed by atoms with Gasteiger partial charge in [0.25, 0.3) is 0 Å². The minimum atomic E-state index is -0.295. The lowest BCUT2D eigenvalue weighted by Crippen LogP contribution is -2.30. The molecule has 5 rings (SSSR count). The van der Waals surface area contributed by atoms with Crippen molar-refractivity contribution in [1.29, 1.82) is 0 Å². The van der Waals surface area contributed by atoms with E-state index in [0.29, 0.717) is 16.9 Å². The third-order valence-corrected chi connectivity index (χ3v) is 5.52. The molecule has 0 amide bonds. The summed E-state index contributed by atoms with van der Waals surface area (Å²) in [4.78, 5) is 3.64. The van der Waals surface area contributed by atoms with Gasteiger partial charge in [-0.2, -0.15) is 0 Å². The molecule has 5 aromatic rings. The zero-order chi connectivity index (χ0) is 20.8. The van der Waals surface area contributed by atoms with E-state index < -0.39 is 0 Å². The lowest BCUT2D eigenvalue weighted by atomic mass is 9.96. The number of pyridine rings is 1. The fourth-order valence-corrected chi connectivity index (χ4v) is 4.07. The fourth-order valence-electron chi connectivity index (χ4n) is 4.07. The summed E-state index contributed by atoms with van der Waals surface area (Å²) in [7, 11) is 1.89. The van der Waals surface area contributed by atoms with Gasteiger partial charge in [0.2, 0.25) is 5.69 Å². The van der Waals surface area contributed by atoms with Gasteiger partial charge in [-0.3, -0.25) is 0 Å². The Morgan fingerprint density at radius 1 is 1.00 bits per heavy atom. The predicted octanol–water partition coefficient (Wildman–Crippen LogP) is 6.74. The number of rotatable bonds is 2. The molecule has 2 aromatic heterocycles. The van der Waals surface area contributed by atoms with Crippen LogP contribution >= 0.6 is 0 Å². The Bertz CT molecular complexity index is 1480. The second-order valence-corrected chi connectivity index (χ2v) is 7.42. The van der Waals surface area contributed by atoms with Crippen molar-refractivity contribution in [2.75, 3.05) is 0 Å². The van der Waals surface area contributed by atoms with E-state index >= 15 is 0 Å². The molecule has 0 N–H and O–H groups in total. The molecule has 3 aromatic carbocycles. The van der Waals surface area contributed by atoms with E-state index in [1.807, 2.05) is 67.1 Å². The van der Waals surface area contributed by atoms with Crippen molar-refractivity contribution in [3.63, 3.8) is 0 Å². The molecule has 0 saturated heterocycles. The smallest absolute Gasteiger partial charge is 0.219 e. The van der Waals surface area contributed by atoms with Gasteiger partial charge < -0.3 is 4.42 Å². The van der Waals surface area contributed by atoms with E-state index in [1.165, 1.54) is 12.1 Å². The van der Waals surface area contributed by atoms with E-state index in [-0.39, 0.29) is 5.82 Å². The van der Waals surface area contributed by atoms with Gasteiger partial charge in [-0.25, -0.2) is 13.8 Å². The van der Waals surface area contributed by atoms with Crippen LogP contribution in [0, 0.1) is 19.3 Å². The summed E-state index contributed by atoms with van der Waals surface area (Å²) in [6.07, 6.45) is 1.71. The molecular weight excluding hydrogens is 375 g/mol. The first kappa shape index (κ1) is 18.1. The average Bonchev–Trinajstić information content (AvgIpc) is 3.14. The van der Waals surface area contributed by atoms with E-state index in [1.54, 1.807) is 12.3 Å². The minimum Gasteiger partial charge on any atom is -0.456 e. The predicted molar refractivity (Wildman–Crippen MR) is 117 cm³/mol. The van der Waals surface area contributed by atoms with E-state index in [4.69, 9.17) is 11.0 Å². The summed E-state index contributed by atoms with van der Waals surface area (Å²) >= 11 is 0. The first-order valence-corrected chi connectivity index (χ1v) is 9.65. The van der Waals surface area contributed by atoms with Crippen LogP contribution in [0.4, 0.5) is 10.1 Å². The molecule has 0 bridgehead atoms. The van der Waals surface area contributed by atoms with Crippen LogP contribution in [-0.2, 0) is 7.05 Å². The van der Waals surface area contributed by atoms with Crippen molar-refractivity contribution >= 4 is 27.6 Å². The molecule has 3 nitrogen and oxygen atoms in total. The second-order valence-electron chi connectivity index (χ2n) is 7.42. The Balaban J connectivity index is 1.94. The number of aromatic nitrogens is 1. The summed E-state index contributed by atoms with van der Waals surface area (Å²) in [5.41, 5.74) is 6.45. The number of halogens is 1. The molecule has 0 spiro atoms. The number of hydrogen-bond donors (Lipinski definition) is 0. The summed E-state index contributed by atoms with van der Waals surface area (Å²) < 4.78 is 22.3. The summed E-state index contributed by atoms with van der Waals surface area (Å²) in [5, 5.41) is 1.91. The lowest BCUT2D eigenvalue weighted by Gasteiger charge is -2.06. The zero-order valence-corrected chi connectivity index (χ0v) is 16.6. The number of furan rings is 1. The number of hydrogen-bond acceptors (Lipinski definition) is 1. The molecule has 0 aliphatic carbocycles. The van der Waals surface area contributed by atoms with E-state index in [2.05, 4.69) is 4.85 Å². The number of aryl methyl sites for hydroxylation is 2. The van der Waals surface area contributed by atoms with Crippen molar-refractivity contribution in [3.05, 3.63) is 95.7 Å². The highest BCUT2D eigenvalue weighted by Gasteiger charge is 2.23. The van der Waals surface area contributed by atoms with Crippen LogP contribution in [-0.4, -0.2) is 0 Å². The number of benzene rings is 3. The first-order valence-electron chi connectivity index (χ1n) is 9.65. The maximum Gasteiger partial charge on any atom is 0.219 e. The SMILES string of the molecule is [C-]#[N+]c1cc(-c2ccccc2)c2c(c1)oc1c(-c3cc(F)cc[n+]3C)c(C)ccc12. The molecule has 2 heterocycles. The Morgan fingerprint density at radius 3 is 2.57 bits per heavy atom. The van der Waals surface area contributed by atoms with E-state index in [0.717, 1.165) is 38.7 Å². The summed E-state index contributed by atoms with van der Waals surface area (Å²) in [5.74, 6) is -0.295. The van der Waals surface area contributed by atoms with Crippen molar-refractivity contribution in [2.45, 2.75) is 6.92 Å². The van der Waals surface area contributed by atoms with Crippen LogP contribution in [0.3, 0.4) is 0 Å². The molecule has 0 aliphatic heterocycles. The molecule has 0 fully saturated rings.